The van der Waals surface area contributed by atoms with Crippen LogP contribution in [0.15, 0.2) is 47.6 Å². The van der Waals surface area contributed by atoms with Gasteiger partial charge < -0.3 is 25.5 Å². The molecule has 0 aromatic carbocycles. The molecular weight excluding hydrogens is 416 g/mol. The lowest BCUT2D eigenvalue weighted by molar-refractivity contribution is -0.123. The van der Waals surface area contributed by atoms with Gasteiger partial charge in [0.1, 0.15) is 5.60 Å². The summed E-state index contributed by atoms with van der Waals surface area (Å²) in [6.45, 7) is 11.1. The van der Waals surface area contributed by atoms with Gasteiger partial charge in [0.15, 0.2) is 0 Å². The molecule has 0 bridgehead atoms. The molecule has 0 heterocycles. The highest BCUT2D eigenvalue weighted by atomic mass is 16.4. The zero-order valence-electron chi connectivity index (χ0n) is 20.8. The quantitative estimate of drug-likeness (QED) is 0.388. The van der Waals surface area contributed by atoms with E-state index in [2.05, 4.69) is 32.6 Å². The highest BCUT2D eigenvalue weighted by Crippen LogP contribution is 2.59. The van der Waals surface area contributed by atoms with E-state index in [0.717, 1.165) is 43.3 Å². The van der Waals surface area contributed by atoms with E-state index in [1.807, 2.05) is 6.08 Å². The monoisotopic (exact) mass is 460 g/mol. The maximum absolute atomic E-state index is 10.7. The molecule has 5 nitrogen and oxygen atoms in total. The number of aliphatic hydroxyl groups excluding tert-OH is 3. The molecule has 7 atom stereocenters. The molecule has 5 heteroatoms. The van der Waals surface area contributed by atoms with Crippen LogP contribution in [0.5, 0.6) is 0 Å². The molecule has 3 rings (SSSR count). The molecule has 3 saturated carbocycles. The van der Waals surface area contributed by atoms with Crippen LogP contribution in [0.2, 0.25) is 0 Å². The van der Waals surface area contributed by atoms with Gasteiger partial charge in [-0.2, -0.15) is 0 Å². The van der Waals surface area contributed by atoms with Crippen LogP contribution in [0, 0.1) is 23.2 Å². The molecule has 3 aliphatic carbocycles. The molecule has 5 N–H and O–H groups in total. The van der Waals surface area contributed by atoms with Crippen LogP contribution in [0.4, 0.5) is 0 Å². The zero-order chi connectivity index (χ0) is 24.6. The number of aliphatic hydroxyl groups is 5. The lowest BCUT2D eigenvalue weighted by atomic mass is 9.61. The minimum atomic E-state index is -1.67. The summed E-state index contributed by atoms with van der Waals surface area (Å²) in [6.07, 6.45) is 13.1. The van der Waals surface area contributed by atoms with Gasteiger partial charge in [-0.05, 0) is 86.7 Å². The first-order chi connectivity index (χ1) is 15.3. The van der Waals surface area contributed by atoms with E-state index in [1.54, 1.807) is 6.08 Å². The lowest BCUT2D eigenvalue weighted by Crippen LogP contribution is -2.51. The minimum absolute atomic E-state index is 0.154. The van der Waals surface area contributed by atoms with Crippen molar-refractivity contribution < 1.29 is 25.5 Å². The van der Waals surface area contributed by atoms with Crippen molar-refractivity contribution in [3.63, 3.8) is 0 Å². The predicted molar refractivity (Wildman–Crippen MR) is 131 cm³/mol. The first-order valence-electron chi connectivity index (χ1n) is 12.5. The minimum Gasteiger partial charge on any atom is -0.393 e. The smallest absolute Gasteiger partial charge is 0.134 e. The summed E-state index contributed by atoms with van der Waals surface area (Å²) in [4.78, 5) is 0. The third-order valence-corrected chi connectivity index (χ3v) is 8.91. The van der Waals surface area contributed by atoms with E-state index in [0.29, 0.717) is 24.7 Å². The second-order valence-corrected chi connectivity index (χ2v) is 11.5. The Balaban J connectivity index is 1.79. The summed E-state index contributed by atoms with van der Waals surface area (Å²) in [5, 5.41) is 50.9. The van der Waals surface area contributed by atoms with Gasteiger partial charge in [0.2, 0.25) is 0 Å². The highest BCUT2D eigenvalue weighted by molar-refractivity contribution is 5.38. The summed E-state index contributed by atoms with van der Waals surface area (Å²) in [5.41, 5.74) is 0.172. The van der Waals surface area contributed by atoms with Crippen molar-refractivity contribution in [1.29, 1.82) is 0 Å². The van der Waals surface area contributed by atoms with Crippen LogP contribution in [0.3, 0.4) is 0 Å². The van der Waals surface area contributed by atoms with Crippen LogP contribution >= 0.6 is 0 Å². The van der Waals surface area contributed by atoms with Gasteiger partial charge in [-0.15, -0.1) is 0 Å². The van der Waals surface area contributed by atoms with Gasteiger partial charge >= 0.3 is 0 Å². The second kappa shape index (κ2) is 9.79. The topological polar surface area (TPSA) is 101 Å². The van der Waals surface area contributed by atoms with Crippen molar-refractivity contribution in [2.24, 2.45) is 23.2 Å². The first kappa shape index (κ1) is 26.4. The maximum atomic E-state index is 10.7. The second-order valence-electron chi connectivity index (χ2n) is 11.5. The van der Waals surface area contributed by atoms with Crippen LogP contribution < -0.4 is 0 Å². The number of allylic oxidation sites excluding steroid dienone is 4. The average Bonchev–Trinajstić information content (AvgIpc) is 3.10. The molecule has 3 fully saturated rings. The molecule has 0 amide bonds. The summed E-state index contributed by atoms with van der Waals surface area (Å²) >= 11 is 0. The number of hydrogen-bond acceptors (Lipinski definition) is 5. The Morgan fingerprint density at radius 1 is 1.18 bits per heavy atom. The largest absolute Gasteiger partial charge is 0.393 e. The van der Waals surface area contributed by atoms with Crippen molar-refractivity contribution in [3.8, 4) is 0 Å². The Hall–Kier alpha value is -1.24. The van der Waals surface area contributed by atoms with E-state index >= 15 is 0 Å². The first-order valence-corrected chi connectivity index (χ1v) is 12.5. The van der Waals surface area contributed by atoms with Gasteiger partial charge in [-0.3, -0.25) is 0 Å². The summed E-state index contributed by atoms with van der Waals surface area (Å²) in [6, 6.07) is 0. The normalized spacial score (nSPS) is 38.6. The fourth-order valence-electron chi connectivity index (χ4n) is 6.50. The molecule has 0 aromatic heterocycles. The van der Waals surface area contributed by atoms with Crippen molar-refractivity contribution in [1.82, 2.24) is 0 Å². The SMILES string of the molecule is C=C1/C(=C\C=C2/CCC[C@]3(C)[C@@H]([C@H](C)/C=C/[C@](O)(CO)C(C)(C)O)CC[C@@H]23)C[C@@H](O)CC1O. The Morgan fingerprint density at radius 3 is 2.52 bits per heavy atom. The molecule has 33 heavy (non-hydrogen) atoms. The van der Waals surface area contributed by atoms with Gasteiger partial charge in [-0.25, -0.2) is 0 Å². The predicted octanol–water partition coefficient (Wildman–Crippen LogP) is 3.81. The molecule has 0 spiro atoms. The van der Waals surface area contributed by atoms with Gasteiger partial charge in [0.25, 0.3) is 0 Å². The standard InChI is InChI=1S/C28H44O5/c1-18(12-14-28(33,17-29)26(3,4)32)23-10-11-24-20(7-6-13-27(23,24)5)8-9-21-15-22(30)16-25(31)19(21)2/h8-9,12,14,18,22-25,29-33H,2,6-7,10-11,13,15-17H2,1,3-5H3/b14-12+,20-8+,21-9-/t18-,22-,23-,24+,25?,27-,28+/m1/s1. The van der Waals surface area contributed by atoms with E-state index in [9.17, 15) is 25.5 Å². The van der Waals surface area contributed by atoms with Gasteiger partial charge in [0.05, 0.1) is 24.4 Å². The Labute approximate surface area is 199 Å². The fraction of sp³-hybridized carbons (Fsp3) is 0.714. The van der Waals surface area contributed by atoms with Crippen LogP contribution in [0.1, 0.15) is 72.6 Å². The van der Waals surface area contributed by atoms with Crippen molar-refractivity contribution >= 4 is 0 Å². The van der Waals surface area contributed by atoms with Crippen LogP contribution in [-0.2, 0) is 0 Å². The molecule has 0 saturated heterocycles. The fourth-order valence-corrected chi connectivity index (χ4v) is 6.50. The Bertz CT molecular complexity index is 819. The molecular formula is C28H44O5. The van der Waals surface area contributed by atoms with Crippen molar-refractivity contribution in [2.75, 3.05) is 6.61 Å². The highest BCUT2D eigenvalue weighted by Gasteiger charge is 2.50. The Morgan fingerprint density at radius 2 is 1.88 bits per heavy atom. The van der Waals surface area contributed by atoms with E-state index in [4.69, 9.17) is 0 Å². The summed E-state index contributed by atoms with van der Waals surface area (Å²) < 4.78 is 0. The summed E-state index contributed by atoms with van der Waals surface area (Å²) in [7, 11) is 0. The van der Waals surface area contributed by atoms with Crippen LogP contribution in [0.25, 0.3) is 0 Å². The Kier molecular flexibility index (Phi) is 7.82. The average molecular weight is 461 g/mol. The number of hydrogen-bond donors (Lipinski definition) is 5. The molecule has 1 unspecified atom stereocenters. The maximum Gasteiger partial charge on any atom is 0.134 e. The van der Waals surface area contributed by atoms with Gasteiger partial charge in [0, 0.05) is 6.42 Å². The van der Waals surface area contributed by atoms with Gasteiger partial charge in [-0.1, -0.05) is 50.3 Å². The summed E-state index contributed by atoms with van der Waals surface area (Å²) in [5.74, 6) is 1.15. The van der Waals surface area contributed by atoms with Crippen LogP contribution in [-0.4, -0.2) is 55.5 Å². The molecule has 3 aliphatic rings. The molecule has 186 valence electrons. The number of rotatable bonds is 6. The third-order valence-electron chi connectivity index (χ3n) is 8.91. The molecule has 0 aromatic rings. The van der Waals surface area contributed by atoms with E-state index < -0.39 is 30.0 Å². The van der Waals surface area contributed by atoms with Crippen molar-refractivity contribution in [3.05, 3.63) is 47.6 Å². The molecule has 0 radical (unpaired) electrons. The van der Waals surface area contributed by atoms with Crippen molar-refractivity contribution in [2.45, 2.75) is 96.1 Å². The lowest BCUT2D eigenvalue weighted by Gasteiger charge is -2.44. The van der Waals surface area contributed by atoms with E-state index in [-0.39, 0.29) is 11.3 Å². The number of fused-ring (bicyclic) bond motifs is 1. The zero-order valence-corrected chi connectivity index (χ0v) is 20.8. The molecule has 0 aliphatic heterocycles. The third kappa shape index (κ3) is 5.23. The van der Waals surface area contributed by atoms with E-state index in [1.165, 1.54) is 19.4 Å².